The molecule has 2 N–H and O–H groups in total. The van der Waals surface area contributed by atoms with Crippen LogP contribution in [-0.4, -0.2) is 26.9 Å². The molecule has 0 aliphatic heterocycles. The van der Waals surface area contributed by atoms with Crippen molar-refractivity contribution in [3.05, 3.63) is 23.8 Å². The van der Waals surface area contributed by atoms with Crippen LogP contribution >= 0.6 is 0 Å². The fraction of sp³-hybridized carbons (Fsp3) is 0.571. The molecule has 0 aliphatic rings. The number of hydrogen-bond acceptors (Lipinski definition) is 4. The number of hydrogen-bond donors (Lipinski definition) is 1. The second-order valence-electron chi connectivity index (χ2n) is 4.40. The van der Waals surface area contributed by atoms with Crippen LogP contribution in [0, 0.1) is 0 Å². The maximum absolute atomic E-state index is 5.94. The van der Waals surface area contributed by atoms with Crippen LogP contribution in [0.25, 0.3) is 0 Å². The first-order valence-electron chi connectivity index (χ1n) is 6.17. The fourth-order valence-electron chi connectivity index (χ4n) is 1.68. The van der Waals surface area contributed by atoms with Crippen LogP contribution in [0.1, 0.15) is 31.9 Å². The van der Waals surface area contributed by atoms with Gasteiger partial charge in [0.15, 0.2) is 0 Å². The third-order valence-electron chi connectivity index (χ3n) is 2.77. The third kappa shape index (κ3) is 4.20. The molecule has 0 aromatic heterocycles. The Morgan fingerprint density at radius 2 is 1.94 bits per heavy atom. The zero-order chi connectivity index (χ0) is 13.5. The molecule has 0 radical (unpaired) electrons. The van der Waals surface area contributed by atoms with Crippen LogP contribution in [0.15, 0.2) is 18.2 Å². The normalized spacial score (nSPS) is 14.1. The monoisotopic (exact) mass is 253 g/mol. The summed E-state index contributed by atoms with van der Waals surface area (Å²) in [4.78, 5) is 0. The molecule has 1 aromatic rings. The van der Waals surface area contributed by atoms with E-state index < -0.39 is 0 Å². The highest BCUT2D eigenvalue weighted by molar-refractivity contribution is 5.42. The van der Waals surface area contributed by atoms with Crippen molar-refractivity contribution < 1.29 is 14.2 Å². The van der Waals surface area contributed by atoms with Gasteiger partial charge in [-0.1, -0.05) is 6.07 Å². The van der Waals surface area contributed by atoms with Crippen molar-refractivity contribution >= 4 is 0 Å². The number of nitrogens with two attached hydrogens (primary N) is 1. The molecule has 1 unspecified atom stereocenters. The summed E-state index contributed by atoms with van der Waals surface area (Å²) in [6.45, 7) is 4.64. The molecular weight excluding hydrogens is 230 g/mol. The van der Waals surface area contributed by atoms with Gasteiger partial charge in [-0.15, -0.1) is 0 Å². The van der Waals surface area contributed by atoms with E-state index in [4.69, 9.17) is 19.9 Å². The van der Waals surface area contributed by atoms with Crippen LogP contribution in [0.4, 0.5) is 0 Å². The lowest BCUT2D eigenvalue weighted by molar-refractivity contribution is 0.134. The molecule has 4 nitrogen and oxygen atoms in total. The van der Waals surface area contributed by atoms with Gasteiger partial charge in [-0.05, 0) is 19.9 Å². The largest absolute Gasteiger partial charge is 0.497 e. The maximum atomic E-state index is 5.94. The van der Waals surface area contributed by atoms with E-state index in [1.807, 2.05) is 32.0 Å². The Morgan fingerprint density at radius 3 is 2.50 bits per heavy atom. The van der Waals surface area contributed by atoms with E-state index in [9.17, 15) is 0 Å². The van der Waals surface area contributed by atoms with Crippen molar-refractivity contribution in [2.45, 2.75) is 32.4 Å². The van der Waals surface area contributed by atoms with E-state index in [2.05, 4.69) is 0 Å². The van der Waals surface area contributed by atoms with Crippen LogP contribution in [0.3, 0.4) is 0 Å². The van der Waals surface area contributed by atoms with Crippen molar-refractivity contribution in [1.29, 1.82) is 0 Å². The highest BCUT2D eigenvalue weighted by Gasteiger charge is 2.12. The Bertz CT molecular complexity index is 366. The quantitative estimate of drug-likeness (QED) is 0.811. The Labute approximate surface area is 109 Å². The first-order valence-corrected chi connectivity index (χ1v) is 6.17. The maximum Gasteiger partial charge on any atom is 0.128 e. The first kappa shape index (κ1) is 14.8. The average molecular weight is 253 g/mol. The molecule has 0 aliphatic carbocycles. The minimum absolute atomic E-state index is 0.0690. The third-order valence-corrected chi connectivity index (χ3v) is 2.77. The fourth-order valence-corrected chi connectivity index (χ4v) is 1.68. The zero-order valence-electron chi connectivity index (χ0n) is 11.6. The van der Waals surface area contributed by atoms with Gasteiger partial charge in [0, 0.05) is 37.8 Å². The van der Waals surface area contributed by atoms with Gasteiger partial charge in [-0.3, -0.25) is 0 Å². The number of benzene rings is 1. The van der Waals surface area contributed by atoms with Crippen molar-refractivity contribution in [3.8, 4) is 11.5 Å². The molecule has 102 valence electrons. The smallest absolute Gasteiger partial charge is 0.128 e. The molecule has 0 spiro atoms. The first-order chi connectivity index (χ1) is 8.58. The molecule has 2 atom stereocenters. The van der Waals surface area contributed by atoms with Gasteiger partial charge in [0.1, 0.15) is 11.5 Å². The topological polar surface area (TPSA) is 53.7 Å². The molecule has 0 fully saturated rings. The van der Waals surface area contributed by atoms with Gasteiger partial charge in [0.2, 0.25) is 0 Å². The lowest BCUT2D eigenvalue weighted by Crippen LogP contribution is -2.17. The summed E-state index contributed by atoms with van der Waals surface area (Å²) in [6, 6.07) is 5.65. The van der Waals surface area contributed by atoms with E-state index in [1.54, 1.807) is 14.2 Å². The minimum atomic E-state index is -0.0690. The SMILES string of the molecule is COCCC(C)Oc1cc(OC)ccc1[C@H](C)N. The molecular formula is C14H23NO3. The zero-order valence-corrected chi connectivity index (χ0v) is 11.6. The van der Waals surface area contributed by atoms with Gasteiger partial charge >= 0.3 is 0 Å². The summed E-state index contributed by atoms with van der Waals surface area (Å²) in [5.74, 6) is 1.56. The predicted octanol–water partition coefficient (Wildman–Crippen LogP) is 2.52. The van der Waals surface area contributed by atoms with Crippen molar-refractivity contribution in [2.75, 3.05) is 20.8 Å². The summed E-state index contributed by atoms with van der Waals surface area (Å²) in [6.07, 6.45) is 0.918. The minimum Gasteiger partial charge on any atom is -0.497 e. The molecule has 1 rings (SSSR count). The molecule has 0 saturated heterocycles. The standard InChI is InChI=1S/C14H23NO3/c1-10(7-8-16-3)18-14-9-12(17-4)5-6-13(14)11(2)15/h5-6,9-11H,7-8,15H2,1-4H3/t10?,11-/m0/s1. The van der Waals surface area contributed by atoms with E-state index in [0.717, 1.165) is 23.5 Å². The van der Waals surface area contributed by atoms with E-state index >= 15 is 0 Å². The Morgan fingerprint density at radius 1 is 1.22 bits per heavy atom. The number of ether oxygens (including phenoxy) is 3. The summed E-state index contributed by atoms with van der Waals surface area (Å²) in [5.41, 5.74) is 6.92. The molecule has 1 aromatic carbocycles. The van der Waals surface area contributed by atoms with Crippen molar-refractivity contribution in [2.24, 2.45) is 5.73 Å². The average Bonchev–Trinajstić information content (AvgIpc) is 2.35. The summed E-state index contributed by atoms with van der Waals surface area (Å²) >= 11 is 0. The molecule has 0 amide bonds. The van der Waals surface area contributed by atoms with Gasteiger partial charge in [0.05, 0.1) is 13.2 Å². The van der Waals surface area contributed by atoms with E-state index in [-0.39, 0.29) is 12.1 Å². The van der Waals surface area contributed by atoms with Crippen LogP contribution in [0.5, 0.6) is 11.5 Å². The van der Waals surface area contributed by atoms with E-state index in [0.29, 0.717) is 6.61 Å². The van der Waals surface area contributed by atoms with Gasteiger partial charge in [-0.25, -0.2) is 0 Å². The second kappa shape index (κ2) is 7.24. The Kier molecular flexibility index (Phi) is 5.95. The van der Waals surface area contributed by atoms with Crippen molar-refractivity contribution in [1.82, 2.24) is 0 Å². The highest BCUT2D eigenvalue weighted by Crippen LogP contribution is 2.29. The summed E-state index contributed by atoms with van der Waals surface area (Å²) in [7, 11) is 3.32. The van der Waals surface area contributed by atoms with Gasteiger partial charge in [-0.2, -0.15) is 0 Å². The summed E-state index contributed by atoms with van der Waals surface area (Å²) in [5, 5.41) is 0. The number of rotatable bonds is 7. The van der Waals surface area contributed by atoms with Gasteiger partial charge in [0.25, 0.3) is 0 Å². The highest BCUT2D eigenvalue weighted by atomic mass is 16.5. The Hall–Kier alpha value is -1.26. The van der Waals surface area contributed by atoms with Gasteiger partial charge < -0.3 is 19.9 Å². The van der Waals surface area contributed by atoms with E-state index in [1.165, 1.54) is 0 Å². The molecule has 4 heteroatoms. The Balaban J connectivity index is 2.83. The molecule has 18 heavy (non-hydrogen) atoms. The lowest BCUT2D eigenvalue weighted by Gasteiger charge is -2.19. The molecule has 0 bridgehead atoms. The second-order valence-corrected chi connectivity index (χ2v) is 4.40. The van der Waals surface area contributed by atoms with Crippen LogP contribution < -0.4 is 15.2 Å². The summed E-state index contributed by atoms with van der Waals surface area (Å²) < 4.78 is 16.2. The van der Waals surface area contributed by atoms with Crippen molar-refractivity contribution in [3.63, 3.8) is 0 Å². The lowest BCUT2D eigenvalue weighted by atomic mass is 10.1. The molecule has 0 heterocycles. The number of methoxy groups -OCH3 is 2. The molecule has 0 saturated carbocycles. The predicted molar refractivity (Wildman–Crippen MR) is 72.2 cm³/mol. The van der Waals surface area contributed by atoms with Crippen LogP contribution in [0.2, 0.25) is 0 Å². The van der Waals surface area contributed by atoms with Crippen LogP contribution in [-0.2, 0) is 4.74 Å².